The smallest absolute Gasteiger partial charge is 0.310 e. The molecule has 3 heterocycles. The third-order valence-electron chi connectivity index (χ3n) is 5.30. The van der Waals surface area contributed by atoms with Crippen LogP contribution in [-0.4, -0.2) is 42.8 Å². The number of sulfonamides is 1. The fraction of sp³-hybridized carbons (Fsp3) is 0.316. The third kappa shape index (κ3) is 3.46. The largest absolute Gasteiger partial charge is 0.481 e. The normalized spacial score (nSPS) is 24.7. The molecule has 0 aliphatic carbocycles. The Morgan fingerprint density at radius 1 is 1.07 bits per heavy atom. The Hall–Kier alpha value is -3.18. The SMILES string of the molecule is Cc1noc(NS(=O)(=O)c2ccc(NC(=O)[C@@H]3[C@@H](C(=O)O)[C@@H]4C=C[C@@H]3O4)cc2)c1C. The van der Waals surface area contributed by atoms with Crippen LogP contribution in [0.1, 0.15) is 11.3 Å². The number of amides is 1. The number of nitrogens with zero attached hydrogens (tertiary/aromatic N) is 1. The average Bonchev–Trinajstić information content (AvgIpc) is 3.39. The monoisotopic (exact) mass is 433 g/mol. The minimum atomic E-state index is -3.91. The van der Waals surface area contributed by atoms with Crippen LogP contribution in [0, 0.1) is 25.7 Å². The highest BCUT2D eigenvalue weighted by molar-refractivity contribution is 7.92. The highest BCUT2D eigenvalue weighted by Gasteiger charge is 2.53. The molecule has 0 unspecified atom stereocenters. The lowest BCUT2D eigenvalue weighted by atomic mass is 9.82. The quantitative estimate of drug-likeness (QED) is 0.583. The number of hydrogen-bond donors (Lipinski definition) is 3. The zero-order chi connectivity index (χ0) is 21.6. The topological polar surface area (TPSA) is 148 Å². The Bertz CT molecular complexity index is 1140. The highest BCUT2D eigenvalue weighted by atomic mass is 32.2. The number of hydrogen-bond acceptors (Lipinski definition) is 7. The second-order valence-corrected chi connectivity index (χ2v) is 8.86. The second kappa shape index (κ2) is 7.26. The van der Waals surface area contributed by atoms with E-state index in [0.717, 1.165) is 0 Å². The Kier molecular flexibility index (Phi) is 4.86. The number of rotatable bonds is 6. The molecule has 1 fully saturated rings. The molecule has 11 heteroatoms. The van der Waals surface area contributed by atoms with Crippen molar-refractivity contribution in [3.05, 3.63) is 47.7 Å². The lowest BCUT2D eigenvalue weighted by Crippen LogP contribution is -2.39. The van der Waals surface area contributed by atoms with Crippen molar-refractivity contribution in [1.29, 1.82) is 0 Å². The summed E-state index contributed by atoms with van der Waals surface area (Å²) >= 11 is 0. The van der Waals surface area contributed by atoms with E-state index in [2.05, 4.69) is 15.2 Å². The Balaban J connectivity index is 1.47. The van der Waals surface area contributed by atoms with Gasteiger partial charge in [0.1, 0.15) is 5.92 Å². The number of carbonyl (C=O) groups excluding carboxylic acids is 1. The molecule has 3 N–H and O–H groups in total. The molecule has 2 aliphatic rings. The molecule has 4 atom stereocenters. The number of fused-ring (bicyclic) bond motifs is 2. The van der Waals surface area contributed by atoms with Gasteiger partial charge in [0.15, 0.2) is 0 Å². The van der Waals surface area contributed by atoms with Crippen LogP contribution in [-0.2, 0) is 24.3 Å². The van der Waals surface area contributed by atoms with Crippen molar-refractivity contribution in [2.24, 2.45) is 11.8 Å². The van der Waals surface area contributed by atoms with E-state index in [1.54, 1.807) is 26.0 Å². The fourth-order valence-corrected chi connectivity index (χ4v) is 4.60. The number of aromatic nitrogens is 1. The number of nitrogens with one attached hydrogen (secondary N) is 2. The first-order valence-electron chi connectivity index (χ1n) is 9.10. The molecule has 30 heavy (non-hydrogen) atoms. The highest BCUT2D eigenvalue weighted by Crippen LogP contribution is 2.39. The van der Waals surface area contributed by atoms with Gasteiger partial charge in [-0.05, 0) is 38.1 Å². The molecule has 0 radical (unpaired) electrons. The molecular weight excluding hydrogens is 414 g/mol. The number of benzene rings is 1. The van der Waals surface area contributed by atoms with Crippen molar-refractivity contribution in [2.75, 3.05) is 10.0 Å². The summed E-state index contributed by atoms with van der Waals surface area (Å²) in [4.78, 5) is 24.1. The van der Waals surface area contributed by atoms with E-state index in [4.69, 9.17) is 9.26 Å². The van der Waals surface area contributed by atoms with Gasteiger partial charge < -0.3 is 19.7 Å². The van der Waals surface area contributed by atoms with Gasteiger partial charge in [0.05, 0.1) is 28.7 Å². The minimum absolute atomic E-state index is 0.0360. The molecule has 10 nitrogen and oxygen atoms in total. The van der Waals surface area contributed by atoms with Gasteiger partial charge in [0, 0.05) is 11.3 Å². The molecular formula is C19H19N3O7S. The minimum Gasteiger partial charge on any atom is -0.481 e. The van der Waals surface area contributed by atoms with E-state index in [-0.39, 0.29) is 10.8 Å². The van der Waals surface area contributed by atoms with E-state index in [0.29, 0.717) is 16.9 Å². The van der Waals surface area contributed by atoms with Crippen LogP contribution in [0.15, 0.2) is 45.8 Å². The molecule has 0 spiro atoms. The Morgan fingerprint density at radius 2 is 1.70 bits per heavy atom. The maximum Gasteiger partial charge on any atom is 0.310 e. The van der Waals surface area contributed by atoms with Crippen molar-refractivity contribution in [1.82, 2.24) is 5.16 Å². The molecule has 1 aromatic carbocycles. The van der Waals surface area contributed by atoms with Crippen molar-refractivity contribution in [3.8, 4) is 0 Å². The molecule has 2 bridgehead atoms. The summed E-state index contributed by atoms with van der Waals surface area (Å²) in [5, 5.41) is 15.8. The molecule has 2 aromatic rings. The maximum absolute atomic E-state index is 12.6. The van der Waals surface area contributed by atoms with Crippen molar-refractivity contribution in [3.63, 3.8) is 0 Å². The van der Waals surface area contributed by atoms with Crippen LogP contribution < -0.4 is 10.0 Å². The molecule has 1 aromatic heterocycles. The number of carbonyl (C=O) groups is 2. The summed E-state index contributed by atoms with van der Waals surface area (Å²) in [6.45, 7) is 3.38. The molecule has 4 rings (SSSR count). The summed E-state index contributed by atoms with van der Waals surface area (Å²) in [7, 11) is -3.91. The standard InChI is InChI=1S/C19H19N3O7S/c1-9-10(2)21-29-18(9)22-30(26,27)12-5-3-11(4-6-12)20-17(23)15-13-7-8-14(28-13)16(15)19(24)25/h3-8,13-16,22H,1-2H3,(H,20,23)(H,24,25)/t13-,14-,15-,16-/m0/s1. The van der Waals surface area contributed by atoms with E-state index in [1.165, 1.54) is 24.3 Å². The first-order valence-corrected chi connectivity index (χ1v) is 10.6. The van der Waals surface area contributed by atoms with Crippen LogP contribution in [0.5, 0.6) is 0 Å². The van der Waals surface area contributed by atoms with E-state index in [1.807, 2.05) is 0 Å². The molecule has 1 saturated heterocycles. The fourth-order valence-electron chi connectivity index (χ4n) is 3.55. The maximum atomic E-state index is 12.6. The number of carboxylic acids is 1. The second-order valence-electron chi connectivity index (χ2n) is 7.18. The van der Waals surface area contributed by atoms with Crippen LogP contribution in [0.4, 0.5) is 11.6 Å². The van der Waals surface area contributed by atoms with Crippen molar-refractivity contribution < 1.29 is 32.4 Å². The first-order chi connectivity index (χ1) is 14.2. The van der Waals surface area contributed by atoms with Gasteiger partial charge in [-0.1, -0.05) is 17.3 Å². The number of aryl methyl sites for hydroxylation is 1. The summed E-state index contributed by atoms with van der Waals surface area (Å²) in [5.41, 5.74) is 1.49. The Morgan fingerprint density at radius 3 is 2.27 bits per heavy atom. The van der Waals surface area contributed by atoms with Crippen molar-refractivity contribution >= 4 is 33.5 Å². The predicted octanol–water partition coefficient (Wildman–Crippen LogP) is 1.68. The van der Waals surface area contributed by atoms with E-state index < -0.39 is 45.9 Å². The lowest BCUT2D eigenvalue weighted by Gasteiger charge is -2.21. The van der Waals surface area contributed by atoms with Crippen LogP contribution >= 0.6 is 0 Å². The molecule has 0 saturated carbocycles. The van der Waals surface area contributed by atoms with Crippen molar-refractivity contribution in [2.45, 2.75) is 31.0 Å². The average molecular weight is 433 g/mol. The molecule has 1 amide bonds. The predicted molar refractivity (Wildman–Crippen MR) is 104 cm³/mol. The summed E-state index contributed by atoms with van der Waals surface area (Å²) < 4.78 is 37.9. The summed E-state index contributed by atoms with van der Waals surface area (Å²) in [6, 6.07) is 5.49. The number of aliphatic carboxylic acids is 1. The zero-order valence-electron chi connectivity index (χ0n) is 16.0. The zero-order valence-corrected chi connectivity index (χ0v) is 16.8. The van der Waals surface area contributed by atoms with Gasteiger partial charge in [0.25, 0.3) is 10.0 Å². The molecule has 158 valence electrons. The van der Waals surface area contributed by atoms with Crippen LogP contribution in [0.2, 0.25) is 0 Å². The summed E-state index contributed by atoms with van der Waals surface area (Å²) in [6.07, 6.45) is 2.12. The third-order valence-corrected chi connectivity index (χ3v) is 6.65. The van der Waals surface area contributed by atoms with Gasteiger partial charge in [0.2, 0.25) is 11.8 Å². The van der Waals surface area contributed by atoms with Gasteiger partial charge >= 0.3 is 5.97 Å². The Labute approximate surface area is 171 Å². The van der Waals surface area contributed by atoms with Gasteiger partial charge in [-0.25, -0.2) is 13.1 Å². The van der Waals surface area contributed by atoms with Crippen LogP contribution in [0.3, 0.4) is 0 Å². The van der Waals surface area contributed by atoms with Gasteiger partial charge in [-0.3, -0.25) is 9.59 Å². The lowest BCUT2D eigenvalue weighted by molar-refractivity contribution is -0.145. The number of carboxylic acid groups (broad SMARTS) is 1. The van der Waals surface area contributed by atoms with Gasteiger partial charge in [-0.2, -0.15) is 0 Å². The molecule has 2 aliphatic heterocycles. The summed E-state index contributed by atoms with van der Waals surface area (Å²) in [5.74, 6) is -3.38. The first kappa shape index (κ1) is 20.1. The van der Waals surface area contributed by atoms with Crippen LogP contribution in [0.25, 0.3) is 0 Å². The van der Waals surface area contributed by atoms with Gasteiger partial charge in [-0.15, -0.1) is 0 Å². The number of ether oxygens (including phenoxy) is 1. The van der Waals surface area contributed by atoms with E-state index >= 15 is 0 Å². The number of anilines is 2. The van der Waals surface area contributed by atoms with E-state index in [9.17, 15) is 23.1 Å².